The molecular formula is C32H31NO. The summed E-state index contributed by atoms with van der Waals surface area (Å²) in [6.07, 6.45) is 2.75. The number of benzene rings is 4. The molecule has 34 heavy (non-hydrogen) atoms. The van der Waals surface area contributed by atoms with Crippen LogP contribution < -0.4 is 0 Å². The molecule has 4 aromatic carbocycles. The summed E-state index contributed by atoms with van der Waals surface area (Å²) in [5.41, 5.74) is 7.76. The molecule has 2 heteroatoms. The van der Waals surface area contributed by atoms with E-state index >= 15 is 0 Å². The molecule has 1 aliphatic carbocycles. The average Bonchev–Trinajstić information content (AvgIpc) is 3.22. The third-order valence-electron chi connectivity index (χ3n) is 7.79. The van der Waals surface area contributed by atoms with Gasteiger partial charge in [-0.25, -0.2) is 0 Å². The Kier molecular flexibility index (Phi) is 5.47. The molecule has 2 nitrogen and oxygen atoms in total. The van der Waals surface area contributed by atoms with E-state index in [9.17, 15) is 5.11 Å². The van der Waals surface area contributed by atoms with Gasteiger partial charge in [0.05, 0.1) is 11.6 Å². The highest BCUT2D eigenvalue weighted by Gasteiger charge is 2.35. The summed E-state index contributed by atoms with van der Waals surface area (Å²) in [7, 11) is 0. The van der Waals surface area contributed by atoms with E-state index in [0.29, 0.717) is 5.92 Å². The van der Waals surface area contributed by atoms with Crippen molar-refractivity contribution in [3.8, 4) is 11.1 Å². The Labute approximate surface area is 201 Å². The highest BCUT2D eigenvalue weighted by Crippen LogP contribution is 2.47. The quantitative estimate of drug-likeness (QED) is 0.299. The van der Waals surface area contributed by atoms with Crippen LogP contribution in [0.25, 0.3) is 32.9 Å². The second-order valence-corrected chi connectivity index (χ2v) is 9.63. The molecule has 1 N–H and O–H groups in total. The van der Waals surface area contributed by atoms with Crippen molar-refractivity contribution in [3.63, 3.8) is 0 Å². The fourth-order valence-corrected chi connectivity index (χ4v) is 6.27. The smallest absolute Gasteiger partial charge is 0.0614 e. The fraction of sp³-hybridized carbons (Fsp3) is 0.250. The first kappa shape index (κ1) is 21.2. The molecule has 1 aromatic heterocycles. The van der Waals surface area contributed by atoms with Crippen LogP contribution >= 0.6 is 0 Å². The molecule has 1 aliphatic rings. The van der Waals surface area contributed by atoms with Gasteiger partial charge in [0, 0.05) is 28.8 Å². The van der Waals surface area contributed by atoms with Crippen molar-refractivity contribution < 1.29 is 5.11 Å². The highest BCUT2D eigenvalue weighted by molar-refractivity contribution is 6.10. The standard InChI is InChI=1S/C32H31NO/c1-2-33-29-21-24(22-11-5-3-6-12-22)19-20-25(29)27-16-9-17-28(32(27)33)26-15-10-18-30(34)31(26)23-13-7-4-8-14-23/h3-9,11-14,16-17,19-21,26,30-31,34H,2,10,15,18H2,1H3. The summed E-state index contributed by atoms with van der Waals surface area (Å²) < 4.78 is 2.50. The molecule has 3 unspecified atom stereocenters. The highest BCUT2D eigenvalue weighted by atomic mass is 16.3. The van der Waals surface area contributed by atoms with Crippen molar-refractivity contribution in [1.82, 2.24) is 4.57 Å². The number of aliphatic hydroxyl groups is 1. The van der Waals surface area contributed by atoms with E-state index in [4.69, 9.17) is 0 Å². The number of aromatic nitrogens is 1. The van der Waals surface area contributed by atoms with E-state index in [2.05, 4.69) is 109 Å². The second-order valence-electron chi connectivity index (χ2n) is 9.63. The molecular weight excluding hydrogens is 414 g/mol. The second kappa shape index (κ2) is 8.77. The van der Waals surface area contributed by atoms with Gasteiger partial charge in [-0.1, -0.05) is 97.4 Å². The first-order valence-electron chi connectivity index (χ1n) is 12.6. The molecule has 0 amide bonds. The lowest BCUT2D eigenvalue weighted by molar-refractivity contribution is 0.0940. The van der Waals surface area contributed by atoms with Gasteiger partial charge >= 0.3 is 0 Å². The van der Waals surface area contributed by atoms with E-state index in [0.717, 1.165) is 25.8 Å². The van der Waals surface area contributed by atoms with Crippen LogP contribution in [0, 0.1) is 0 Å². The Morgan fingerprint density at radius 3 is 2.29 bits per heavy atom. The Balaban J connectivity index is 1.57. The molecule has 5 aromatic rings. The van der Waals surface area contributed by atoms with E-state index in [1.165, 1.54) is 44.1 Å². The van der Waals surface area contributed by atoms with Crippen LogP contribution in [0.4, 0.5) is 0 Å². The lowest BCUT2D eigenvalue weighted by Crippen LogP contribution is -2.29. The maximum atomic E-state index is 11.1. The maximum Gasteiger partial charge on any atom is 0.0614 e. The normalized spacial score (nSPS) is 20.7. The maximum absolute atomic E-state index is 11.1. The average molecular weight is 446 g/mol. The van der Waals surface area contributed by atoms with Gasteiger partial charge in [-0.15, -0.1) is 0 Å². The van der Waals surface area contributed by atoms with Crippen molar-refractivity contribution >= 4 is 21.8 Å². The number of para-hydroxylation sites is 1. The van der Waals surface area contributed by atoms with Crippen molar-refractivity contribution in [2.45, 2.75) is 50.7 Å². The van der Waals surface area contributed by atoms with Crippen LogP contribution in [-0.4, -0.2) is 15.8 Å². The third kappa shape index (κ3) is 3.45. The zero-order chi connectivity index (χ0) is 23.1. The van der Waals surface area contributed by atoms with Crippen LogP contribution in [-0.2, 0) is 6.54 Å². The van der Waals surface area contributed by atoms with Crippen molar-refractivity contribution in [3.05, 3.63) is 108 Å². The first-order valence-corrected chi connectivity index (χ1v) is 12.6. The SMILES string of the molecule is CCn1c2cc(-c3ccccc3)ccc2c2cccc(C3CCCC(O)C3c3ccccc3)c21. The number of rotatable bonds is 4. The Bertz CT molecular complexity index is 1430. The summed E-state index contributed by atoms with van der Waals surface area (Å²) in [6.45, 7) is 3.16. The third-order valence-corrected chi connectivity index (χ3v) is 7.79. The molecule has 0 saturated heterocycles. The van der Waals surface area contributed by atoms with Gasteiger partial charge < -0.3 is 9.67 Å². The number of aliphatic hydroxyl groups excluding tert-OH is 1. The summed E-state index contributed by atoms with van der Waals surface area (Å²) in [6, 6.07) is 35.0. The van der Waals surface area contributed by atoms with Gasteiger partial charge in [-0.3, -0.25) is 0 Å². The molecule has 0 spiro atoms. The Hall–Kier alpha value is -3.36. The zero-order valence-electron chi connectivity index (χ0n) is 19.7. The van der Waals surface area contributed by atoms with Crippen LogP contribution in [0.5, 0.6) is 0 Å². The number of fused-ring (bicyclic) bond motifs is 3. The molecule has 0 radical (unpaired) electrons. The van der Waals surface area contributed by atoms with Crippen molar-refractivity contribution in [1.29, 1.82) is 0 Å². The van der Waals surface area contributed by atoms with Gasteiger partial charge in [-0.05, 0) is 54.0 Å². The first-order chi connectivity index (χ1) is 16.8. The molecule has 1 saturated carbocycles. The summed E-state index contributed by atoms with van der Waals surface area (Å²) in [4.78, 5) is 0. The number of hydrogen-bond acceptors (Lipinski definition) is 1. The Morgan fingerprint density at radius 1 is 0.765 bits per heavy atom. The summed E-state index contributed by atoms with van der Waals surface area (Å²) >= 11 is 0. The minimum atomic E-state index is -0.305. The number of hydrogen-bond donors (Lipinski definition) is 1. The largest absolute Gasteiger partial charge is 0.392 e. The molecule has 0 bridgehead atoms. The molecule has 170 valence electrons. The van der Waals surface area contributed by atoms with Crippen LogP contribution in [0.3, 0.4) is 0 Å². The van der Waals surface area contributed by atoms with Gasteiger partial charge in [0.2, 0.25) is 0 Å². The van der Waals surface area contributed by atoms with Crippen LogP contribution in [0.2, 0.25) is 0 Å². The molecule has 0 aliphatic heterocycles. The zero-order valence-corrected chi connectivity index (χ0v) is 19.7. The monoisotopic (exact) mass is 445 g/mol. The Morgan fingerprint density at radius 2 is 1.53 bits per heavy atom. The van der Waals surface area contributed by atoms with E-state index in [-0.39, 0.29) is 12.0 Å². The molecule has 1 fully saturated rings. The minimum Gasteiger partial charge on any atom is -0.392 e. The van der Waals surface area contributed by atoms with E-state index < -0.39 is 0 Å². The predicted molar refractivity (Wildman–Crippen MR) is 142 cm³/mol. The van der Waals surface area contributed by atoms with Crippen molar-refractivity contribution in [2.24, 2.45) is 0 Å². The van der Waals surface area contributed by atoms with Crippen molar-refractivity contribution in [2.75, 3.05) is 0 Å². The summed E-state index contributed by atoms with van der Waals surface area (Å²) in [5.74, 6) is 0.432. The predicted octanol–water partition coefficient (Wildman–Crippen LogP) is 7.89. The van der Waals surface area contributed by atoms with Crippen LogP contribution in [0.1, 0.15) is 49.1 Å². The van der Waals surface area contributed by atoms with Gasteiger partial charge in [0.25, 0.3) is 0 Å². The summed E-state index contributed by atoms with van der Waals surface area (Å²) in [5, 5.41) is 13.8. The lowest BCUT2D eigenvalue weighted by Gasteiger charge is -2.37. The van der Waals surface area contributed by atoms with Crippen LogP contribution in [0.15, 0.2) is 97.1 Å². The van der Waals surface area contributed by atoms with Gasteiger partial charge in [0.1, 0.15) is 0 Å². The topological polar surface area (TPSA) is 25.2 Å². The van der Waals surface area contributed by atoms with Gasteiger partial charge in [-0.2, -0.15) is 0 Å². The fourth-order valence-electron chi connectivity index (χ4n) is 6.27. The molecule has 3 atom stereocenters. The van der Waals surface area contributed by atoms with E-state index in [1.807, 2.05) is 0 Å². The van der Waals surface area contributed by atoms with Gasteiger partial charge in [0.15, 0.2) is 0 Å². The molecule has 1 heterocycles. The molecule has 6 rings (SSSR count). The number of aryl methyl sites for hydroxylation is 1. The van der Waals surface area contributed by atoms with E-state index in [1.54, 1.807) is 0 Å². The number of nitrogens with zero attached hydrogens (tertiary/aromatic N) is 1. The minimum absolute atomic E-state index is 0.128. The lowest BCUT2D eigenvalue weighted by atomic mass is 9.70.